The summed E-state index contributed by atoms with van der Waals surface area (Å²) in [5.74, 6) is 1.14. The van der Waals surface area contributed by atoms with Crippen LogP contribution in [0.15, 0.2) is 0 Å². The molecule has 3 fully saturated rings. The van der Waals surface area contributed by atoms with Gasteiger partial charge >= 0.3 is 0 Å². The molecule has 0 aromatic rings. The van der Waals surface area contributed by atoms with E-state index in [4.69, 9.17) is 5.73 Å². The highest BCUT2D eigenvalue weighted by Crippen LogP contribution is 2.69. The highest BCUT2D eigenvalue weighted by Gasteiger charge is 2.67. The largest absolute Gasteiger partial charge is 0.369 e. The topological polar surface area (TPSA) is 43.1 Å². The number of carbonyl (C=O) groups is 1. The molecule has 0 spiro atoms. The standard InChI is InChI=1S/C11H19NO/c1-7-4-5-8-6-11(7,9(12)13)10(8,2)3/h7-8H,4-6H2,1-3H3,(H2,12,13)/t7-,8+,11+/m1/s1. The van der Waals surface area contributed by atoms with Gasteiger partial charge in [0.2, 0.25) is 5.91 Å². The Balaban J connectivity index is 2.39. The third-order valence-corrected chi connectivity index (χ3v) is 4.97. The maximum Gasteiger partial charge on any atom is 0.224 e. The van der Waals surface area contributed by atoms with Crippen molar-refractivity contribution in [3.8, 4) is 0 Å². The summed E-state index contributed by atoms with van der Waals surface area (Å²) in [6.45, 7) is 6.60. The molecular weight excluding hydrogens is 162 g/mol. The zero-order chi connectivity index (χ0) is 9.85. The van der Waals surface area contributed by atoms with Crippen LogP contribution in [-0.4, -0.2) is 5.91 Å². The predicted octanol–water partition coefficient (Wildman–Crippen LogP) is 1.93. The van der Waals surface area contributed by atoms with Gasteiger partial charge in [0.25, 0.3) is 0 Å². The molecule has 3 saturated carbocycles. The maximum atomic E-state index is 11.6. The molecule has 3 aliphatic carbocycles. The summed E-state index contributed by atoms with van der Waals surface area (Å²) in [7, 11) is 0. The van der Waals surface area contributed by atoms with E-state index in [2.05, 4.69) is 20.8 Å². The summed E-state index contributed by atoms with van der Waals surface area (Å²) >= 11 is 0. The van der Waals surface area contributed by atoms with E-state index in [1.165, 1.54) is 12.8 Å². The van der Waals surface area contributed by atoms with Crippen LogP contribution in [0.2, 0.25) is 0 Å². The summed E-state index contributed by atoms with van der Waals surface area (Å²) < 4.78 is 0. The number of primary amides is 1. The number of fused-ring (bicyclic) bond motifs is 2. The Morgan fingerprint density at radius 3 is 2.31 bits per heavy atom. The van der Waals surface area contributed by atoms with E-state index < -0.39 is 0 Å². The molecule has 74 valence electrons. The molecule has 0 aromatic carbocycles. The Morgan fingerprint density at radius 2 is 2.00 bits per heavy atom. The van der Waals surface area contributed by atoms with E-state index in [1.54, 1.807) is 0 Å². The van der Waals surface area contributed by atoms with Crippen LogP contribution in [0, 0.1) is 22.7 Å². The Morgan fingerprint density at radius 1 is 1.38 bits per heavy atom. The number of rotatable bonds is 1. The Bertz CT molecular complexity index is 259. The van der Waals surface area contributed by atoms with Crippen LogP contribution < -0.4 is 5.73 Å². The second-order valence-corrected chi connectivity index (χ2v) is 5.44. The minimum absolute atomic E-state index is 0.0686. The Kier molecular flexibility index (Phi) is 1.59. The van der Waals surface area contributed by atoms with Gasteiger partial charge in [0, 0.05) is 0 Å². The first kappa shape index (κ1) is 9.04. The van der Waals surface area contributed by atoms with Crippen molar-refractivity contribution in [2.45, 2.75) is 40.0 Å². The minimum atomic E-state index is -0.185. The fourth-order valence-corrected chi connectivity index (χ4v) is 3.80. The molecule has 0 aliphatic heterocycles. The quantitative estimate of drug-likeness (QED) is 0.660. The second kappa shape index (κ2) is 2.28. The van der Waals surface area contributed by atoms with Crippen LogP contribution in [0.5, 0.6) is 0 Å². The van der Waals surface area contributed by atoms with Crippen LogP contribution in [-0.2, 0) is 4.79 Å². The molecule has 2 N–H and O–H groups in total. The van der Waals surface area contributed by atoms with E-state index in [1.807, 2.05) is 0 Å². The molecule has 0 unspecified atom stereocenters. The monoisotopic (exact) mass is 181 g/mol. The first-order valence-electron chi connectivity index (χ1n) is 5.23. The number of hydrogen-bond acceptors (Lipinski definition) is 1. The van der Waals surface area contributed by atoms with Gasteiger partial charge in [-0.3, -0.25) is 4.79 Å². The molecule has 0 heterocycles. The predicted molar refractivity (Wildman–Crippen MR) is 51.9 cm³/mol. The molecule has 3 aliphatic rings. The molecule has 0 saturated heterocycles. The average Bonchev–Trinajstić information content (AvgIpc) is 2.02. The lowest BCUT2D eigenvalue weighted by Crippen LogP contribution is -2.67. The lowest BCUT2D eigenvalue weighted by atomic mass is 9.36. The van der Waals surface area contributed by atoms with Crippen molar-refractivity contribution >= 4 is 5.91 Å². The molecule has 2 heteroatoms. The summed E-state index contributed by atoms with van der Waals surface area (Å²) in [5, 5.41) is 0. The van der Waals surface area contributed by atoms with E-state index in [-0.39, 0.29) is 16.7 Å². The van der Waals surface area contributed by atoms with E-state index in [0.29, 0.717) is 5.92 Å². The number of hydrogen-bond donors (Lipinski definition) is 1. The summed E-state index contributed by atoms with van der Waals surface area (Å²) in [5.41, 5.74) is 5.53. The first-order chi connectivity index (χ1) is 5.93. The smallest absolute Gasteiger partial charge is 0.224 e. The van der Waals surface area contributed by atoms with Crippen molar-refractivity contribution in [3.63, 3.8) is 0 Å². The third kappa shape index (κ3) is 0.773. The zero-order valence-electron chi connectivity index (χ0n) is 8.76. The molecule has 2 nitrogen and oxygen atoms in total. The van der Waals surface area contributed by atoms with Gasteiger partial charge in [-0.2, -0.15) is 0 Å². The van der Waals surface area contributed by atoms with Crippen molar-refractivity contribution in [1.29, 1.82) is 0 Å². The number of nitrogens with two attached hydrogens (primary N) is 1. The van der Waals surface area contributed by atoms with Crippen molar-refractivity contribution < 1.29 is 4.79 Å². The fourth-order valence-electron chi connectivity index (χ4n) is 3.80. The van der Waals surface area contributed by atoms with Gasteiger partial charge in [0.15, 0.2) is 0 Å². The summed E-state index contributed by atoms with van der Waals surface area (Å²) in [4.78, 5) is 11.6. The van der Waals surface area contributed by atoms with Crippen molar-refractivity contribution in [1.82, 2.24) is 0 Å². The Labute approximate surface area is 79.9 Å². The molecule has 3 atom stereocenters. The lowest BCUT2D eigenvalue weighted by Gasteiger charge is -2.66. The summed E-state index contributed by atoms with van der Waals surface area (Å²) in [6.07, 6.45) is 3.50. The minimum Gasteiger partial charge on any atom is -0.369 e. The van der Waals surface area contributed by atoms with Gasteiger partial charge in [0.05, 0.1) is 5.41 Å². The lowest BCUT2D eigenvalue weighted by molar-refractivity contribution is -0.198. The van der Waals surface area contributed by atoms with E-state index >= 15 is 0 Å². The SMILES string of the molecule is C[C@@H]1CC[C@H]2C[C@]1(C(N)=O)C2(C)C. The normalized spacial score (nSPS) is 46.7. The zero-order valence-corrected chi connectivity index (χ0v) is 8.76. The summed E-state index contributed by atoms with van der Waals surface area (Å²) in [6, 6.07) is 0. The molecule has 0 radical (unpaired) electrons. The van der Waals surface area contributed by atoms with E-state index in [9.17, 15) is 4.79 Å². The van der Waals surface area contributed by atoms with Crippen molar-refractivity contribution in [3.05, 3.63) is 0 Å². The highest BCUT2D eigenvalue weighted by atomic mass is 16.1. The van der Waals surface area contributed by atoms with Crippen LogP contribution in [0.4, 0.5) is 0 Å². The molecule has 13 heavy (non-hydrogen) atoms. The van der Waals surface area contributed by atoms with Gasteiger partial charge in [-0.1, -0.05) is 20.8 Å². The molecule has 1 amide bonds. The van der Waals surface area contributed by atoms with Crippen molar-refractivity contribution in [2.75, 3.05) is 0 Å². The second-order valence-electron chi connectivity index (χ2n) is 5.44. The molecule has 3 rings (SSSR count). The van der Waals surface area contributed by atoms with Crippen LogP contribution in [0.25, 0.3) is 0 Å². The number of carbonyl (C=O) groups excluding carboxylic acids is 1. The average molecular weight is 181 g/mol. The highest BCUT2D eigenvalue weighted by molar-refractivity contribution is 5.83. The van der Waals surface area contributed by atoms with Gasteiger partial charge in [0.1, 0.15) is 0 Å². The van der Waals surface area contributed by atoms with Gasteiger partial charge in [-0.15, -0.1) is 0 Å². The van der Waals surface area contributed by atoms with Gasteiger partial charge in [-0.05, 0) is 36.5 Å². The van der Waals surface area contributed by atoms with Crippen LogP contribution >= 0.6 is 0 Å². The number of amides is 1. The maximum absolute atomic E-state index is 11.6. The first-order valence-corrected chi connectivity index (χ1v) is 5.23. The molecule has 0 aromatic heterocycles. The van der Waals surface area contributed by atoms with Crippen molar-refractivity contribution in [2.24, 2.45) is 28.4 Å². The molecule has 2 bridgehead atoms. The van der Waals surface area contributed by atoms with Gasteiger partial charge < -0.3 is 5.73 Å². The fraction of sp³-hybridized carbons (Fsp3) is 0.909. The molecular formula is C11H19NO. The third-order valence-electron chi connectivity index (χ3n) is 4.97. The van der Waals surface area contributed by atoms with Gasteiger partial charge in [-0.25, -0.2) is 0 Å². The van der Waals surface area contributed by atoms with Crippen LogP contribution in [0.1, 0.15) is 40.0 Å². The van der Waals surface area contributed by atoms with E-state index in [0.717, 1.165) is 12.3 Å². The Hall–Kier alpha value is -0.530. The van der Waals surface area contributed by atoms with Crippen LogP contribution in [0.3, 0.4) is 0 Å².